The summed E-state index contributed by atoms with van der Waals surface area (Å²) in [6.45, 7) is 0. The van der Waals surface area contributed by atoms with Gasteiger partial charge >= 0.3 is 0 Å². The van der Waals surface area contributed by atoms with Crippen LogP contribution in [0.1, 0.15) is 11.1 Å². The molecule has 5 heteroatoms. The van der Waals surface area contributed by atoms with Gasteiger partial charge in [-0.3, -0.25) is 4.79 Å². The highest BCUT2D eigenvalue weighted by atomic mass is 35.5. The third-order valence-electron chi connectivity index (χ3n) is 2.72. The maximum atomic E-state index is 13.0. The van der Waals surface area contributed by atoms with E-state index in [0.717, 1.165) is 18.2 Å². The summed E-state index contributed by atoms with van der Waals surface area (Å²) in [4.78, 5) is 11.9. The van der Waals surface area contributed by atoms with Gasteiger partial charge in [0.2, 0.25) is 0 Å². The second-order valence-corrected chi connectivity index (χ2v) is 5.25. The van der Waals surface area contributed by atoms with Crippen LogP contribution in [-0.2, 0) is 17.6 Å². The zero-order chi connectivity index (χ0) is 14.7. The van der Waals surface area contributed by atoms with Crippen LogP contribution < -0.4 is 0 Å². The average Bonchev–Trinajstić information content (AvgIpc) is 2.32. The first-order valence-corrected chi connectivity index (χ1v) is 6.60. The van der Waals surface area contributed by atoms with E-state index in [4.69, 9.17) is 23.2 Å². The molecule has 0 heterocycles. The average molecular weight is 315 g/mol. The molecular weight excluding hydrogens is 305 g/mol. The third kappa shape index (κ3) is 4.02. The van der Waals surface area contributed by atoms with Crippen LogP contribution in [0, 0.1) is 11.6 Å². The Morgan fingerprint density at radius 2 is 1.60 bits per heavy atom. The maximum absolute atomic E-state index is 13.0. The minimum absolute atomic E-state index is 0.0580. The minimum atomic E-state index is -0.700. The molecule has 2 rings (SSSR count). The van der Waals surface area contributed by atoms with E-state index in [1.165, 1.54) is 0 Å². The molecule has 20 heavy (non-hydrogen) atoms. The van der Waals surface area contributed by atoms with Gasteiger partial charge in [0.1, 0.15) is 17.4 Å². The number of hydrogen-bond acceptors (Lipinski definition) is 1. The molecule has 2 aromatic rings. The Labute approximate surface area is 125 Å². The number of benzene rings is 2. The molecule has 0 radical (unpaired) electrons. The molecule has 0 saturated carbocycles. The van der Waals surface area contributed by atoms with Crippen LogP contribution in [0.2, 0.25) is 10.0 Å². The van der Waals surface area contributed by atoms with E-state index in [0.29, 0.717) is 21.2 Å². The summed E-state index contributed by atoms with van der Waals surface area (Å²) >= 11 is 11.8. The van der Waals surface area contributed by atoms with Crippen molar-refractivity contribution in [2.45, 2.75) is 12.8 Å². The van der Waals surface area contributed by atoms with Gasteiger partial charge in [-0.05, 0) is 41.5 Å². The van der Waals surface area contributed by atoms with Crippen LogP contribution in [0.15, 0.2) is 36.4 Å². The summed E-state index contributed by atoms with van der Waals surface area (Å²) in [6.07, 6.45) is 0.00898. The largest absolute Gasteiger partial charge is 0.299 e. The standard InChI is InChI=1S/C15H10Cl2F2O/c16-11-1-2-15(17)10(6-11)7-14(20)5-9-3-12(18)8-13(19)4-9/h1-4,6,8H,5,7H2. The first-order valence-electron chi connectivity index (χ1n) is 5.84. The number of Topliss-reactive ketones (excluding diaryl/α,β-unsaturated/α-hetero) is 1. The molecule has 104 valence electrons. The molecule has 0 unspecified atom stereocenters. The summed E-state index contributed by atoms with van der Waals surface area (Å²) < 4.78 is 26.1. The molecule has 0 aliphatic heterocycles. The smallest absolute Gasteiger partial charge is 0.141 e. The van der Waals surface area contributed by atoms with Crippen molar-refractivity contribution >= 4 is 29.0 Å². The monoisotopic (exact) mass is 314 g/mol. The summed E-state index contributed by atoms with van der Waals surface area (Å²) in [5, 5.41) is 0.919. The van der Waals surface area contributed by atoms with E-state index < -0.39 is 11.6 Å². The fraction of sp³-hybridized carbons (Fsp3) is 0.133. The Bertz CT molecular complexity index is 636. The molecule has 2 aromatic carbocycles. The number of ketones is 1. The quantitative estimate of drug-likeness (QED) is 0.804. The van der Waals surface area contributed by atoms with Gasteiger partial charge in [-0.15, -0.1) is 0 Å². The van der Waals surface area contributed by atoms with Crippen molar-refractivity contribution in [3.05, 3.63) is 69.2 Å². The first kappa shape index (κ1) is 14.9. The second kappa shape index (κ2) is 6.33. The van der Waals surface area contributed by atoms with E-state index in [2.05, 4.69) is 0 Å². The van der Waals surface area contributed by atoms with Crippen molar-refractivity contribution in [3.63, 3.8) is 0 Å². The van der Waals surface area contributed by atoms with Crippen molar-refractivity contribution in [2.75, 3.05) is 0 Å². The normalized spacial score (nSPS) is 10.6. The number of halogens is 4. The number of carbonyl (C=O) groups excluding carboxylic acids is 1. The predicted octanol–water partition coefficient (Wildman–Crippen LogP) is 4.63. The zero-order valence-electron chi connectivity index (χ0n) is 10.3. The third-order valence-corrected chi connectivity index (χ3v) is 3.32. The summed E-state index contributed by atoms with van der Waals surface area (Å²) in [5.74, 6) is -1.60. The molecule has 1 nitrogen and oxygen atoms in total. The molecule has 0 bridgehead atoms. The van der Waals surface area contributed by atoms with Crippen LogP contribution in [0.5, 0.6) is 0 Å². The molecule has 0 N–H and O–H groups in total. The molecular formula is C15H10Cl2F2O. The van der Waals surface area contributed by atoms with E-state index in [9.17, 15) is 13.6 Å². The second-order valence-electron chi connectivity index (χ2n) is 4.41. The van der Waals surface area contributed by atoms with Gasteiger partial charge in [0.05, 0.1) is 0 Å². The summed E-state index contributed by atoms with van der Waals surface area (Å²) in [7, 11) is 0. The van der Waals surface area contributed by atoms with Crippen molar-refractivity contribution in [1.29, 1.82) is 0 Å². The van der Waals surface area contributed by atoms with E-state index >= 15 is 0 Å². The van der Waals surface area contributed by atoms with Crippen LogP contribution in [-0.4, -0.2) is 5.78 Å². The number of rotatable bonds is 4. The number of carbonyl (C=O) groups is 1. The Hall–Kier alpha value is -1.45. The molecule has 0 aliphatic carbocycles. The molecule has 0 spiro atoms. The minimum Gasteiger partial charge on any atom is -0.299 e. The van der Waals surface area contributed by atoms with Crippen molar-refractivity contribution < 1.29 is 13.6 Å². The summed E-state index contributed by atoms with van der Waals surface area (Å²) in [6, 6.07) is 7.88. The van der Waals surface area contributed by atoms with E-state index in [-0.39, 0.29) is 18.6 Å². The molecule has 0 atom stereocenters. The van der Waals surface area contributed by atoms with Crippen molar-refractivity contribution in [2.24, 2.45) is 0 Å². The van der Waals surface area contributed by atoms with Gasteiger partial charge in [0.25, 0.3) is 0 Å². The predicted molar refractivity (Wildman–Crippen MR) is 75.2 cm³/mol. The zero-order valence-corrected chi connectivity index (χ0v) is 11.8. The van der Waals surface area contributed by atoms with Gasteiger partial charge in [0.15, 0.2) is 0 Å². The highest BCUT2D eigenvalue weighted by Crippen LogP contribution is 2.21. The van der Waals surface area contributed by atoms with Crippen LogP contribution in [0.25, 0.3) is 0 Å². The molecule has 0 fully saturated rings. The molecule has 0 saturated heterocycles. The van der Waals surface area contributed by atoms with Crippen molar-refractivity contribution in [3.8, 4) is 0 Å². The van der Waals surface area contributed by atoms with Gasteiger partial charge < -0.3 is 0 Å². The first-order chi connectivity index (χ1) is 9.44. The molecule has 0 amide bonds. The lowest BCUT2D eigenvalue weighted by Crippen LogP contribution is -2.07. The maximum Gasteiger partial charge on any atom is 0.141 e. The number of hydrogen-bond donors (Lipinski definition) is 0. The highest BCUT2D eigenvalue weighted by molar-refractivity contribution is 6.33. The summed E-state index contributed by atoms with van der Waals surface area (Å²) in [5.41, 5.74) is 0.895. The Kier molecular flexibility index (Phi) is 4.73. The molecule has 0 aliphatic rings. The van der Waals surface area contributed by atoms with Gasteiger partial charge in [-0.1, -0.05) is 23.2 Å². The highest BCUT2D eigenvalue weighted by Gasteiger charge is 2.10. The Morgan fingerprint density at radius 1 is 0.950 bits per heavy atom. The van der Waals surface area contributed by atoms with Crippen molar-refractivity contribution in [1.82, 2.24) is 0 Å². The van der Waals surface area contributed by atoms with Gasteiger partial charge in [0, 0.05) is 29.0 Å². The Morgan fingerprint density at radius 3 is 2.25 bits per heavy atom. The lowest BCUT2D eigenvalue weighted by molar-refractivity contribution is -0.117. The van der Waals surface area contributed by atoms with Crippen LogP contribution >= 0.6 is 23.2 Å². The van der Waals surface area contributed by atoms with Crippen LogP contribution in [0.4, 0.5) is 8.78 Å². The van der Waals surface area contributed by atoms with E-state index in [1.807, 2.05) is 0 Å². The fourth-order valence-corrected chi connectivity index (χ4v) is 2.27. The Balaban J connectivity index is 2.11. The SMILES string of the molecule is O=C(Cc1cc(F)cc(F)c1)Cc1cc(Cl)ccc1Cl. The van der Waals surface area contributed by atoms with Crippen LogP contribution in [0.3, 0.4) is 0 Å². The van der Waals surface area contributed by atoms with Gasteiger partial charge in [-0.25, -0.2) is 8.78 Å². The topological polar surface area (TPSA) is 17.1 Å². The molecule has 0 aromatic heterocycles. The van der Waals surface area contributed by atoms with Gasteiger partial charge in [-0.2, -0.15) is 0 Å². The van der Waals surface area contributed by atoms with E-state index in [1.54, 1.807) is 18.2 Å². The fourth-order valence-electron chi connectivity index (χ4n) is 1.89. The lowest BCUT2D eigenvalue weighted by atomic mass is 10.0. The lowest BCUT2D eigenvalue weighted by Gasteiger charge is -2.05.